The minimum absolute atomic E-state index is 0.433. The Morgan fingerprint density at radius 1 is 1.25 bits per heavy atom. The molecule has 0 atom stereocenters. The van der Waals surface area contributed by atoms with Crippen molar-refractivity contribution in [1.82, 2.24) is 5.43 Å². The number of nitrogens with one attached hydrogen (secondary N) is 2. The van der Waals surface area contributed by atoms with Gasteiger partial charge in [0.25, 0.3) is 0 Å². The van der Waals surface area contributed by atoms with Crippen molar-refractivity contribution >= 4 is 22.9 Å². The van der Waals surface area contributed by atoms with Crippen molar-refractivity contribution in [1.29, 1.82) is 0 Å². The van der Waals surface area contributed by atoms with E-state index in [4.69, 9.17) is 18.0 Å². The molecule has 88 valence electrons. The smallest absolute Gasteiger partial charge is 0.103 e. The number of thiocarbonyl (C=S) groups is 1. The van der Waals surface area contributed by atoms with Crippen LogP contribution in [0.5, 0.6) is 0 Å². The van der Waals surface area contributed by atoms with Crippen LogP contribution in [0.2, 0.25) is 0 Å². The molecule has 0 saturated heterocycles. The zero-order chi connectivity index (χ0) is 11.8. The molecular weight excluding hydrogens is 218 g/mol. The number of hydrogen-bond acceptors (Lipinski definition) is 3. The highest BCUT2D eigenvalue weighted by Gasteiger charge is 1.95. The van der Waals surface area contributed by atoms with Gasteiger partial charge in [0.05, 0.1) is 0 Å². The monoisotopic (exact) mass is 237 g/mol. The van der Waals surface area contributed by atoms with E-state index in [-0.39, 0.29) is 0 Å². The predicted octanol–water partition coefficient (Wildman–Crippen LogP) is 2.43. The molecule has 1 aromatic carbocycles. The van der Waals surface area contributed by atoms with E-state index in [2.05, 4.69) is 17.8 Å². The third kappa shape index (κ3) is 4.59. The first kappa shape index (κ1) is 12.9. The Hall–Kier alpha value is -1.13. The molecule has 0 amide bonds. The summed E-state index contributed by atoms with van der Waals surface area (Å²) in [6.45, 7) is 3.17. The maximum Gasteiger partial charge on any atom is 0.103 e. The van der Waals surface area contributed by atoms with Crippen LogP contribution < -0.4 is 16.6 Å². The summed E-state index contributed by atoms with van der Waals surface area (Å²) in [5.74, 6) is 0. The number of anilines is 1. The van der Waals surface area contributed by atoms with Gasteiger partial charge in [0, 0.05) is 17.8 Å². The third-order valence-electron chi connectivity index (χ3n) is 2.31. The Morgan fingerprint density at radius 3 is 2.50 bits per heavy atom. The first-order valence-electron chi connectivity index (χ1n) is 5.62. The summed E-state index contributed by atoms with van der Waals surface area (Å²) >= 11 is 4.88. The minimum Gasteiger partial charge on any atom is -0.389 e. The quantitative estimate of drug-likeness (QED) is 0.387. The van der Waals surface area contributed by atoms with Gasteiger partial charge in [-0.3, -0.25) is 0 Å². The molecule has 0 unspecified atom stereocenters. The van der Waals surface area contributed by atoms with Crippen LogP contribution in [0, 0.1) is 0 Å². The molecule has 4 N–H and O–H groups in total. The summed E-state index contributed by atoms with van der Waals surface area (Å²) in [6.07, 6.45) is 3.69. The van der Waals surface area contributed by atoms with E-state index in [1.54, 1.807) is 0 Å². The zero-order valence-corrected chi connectivity index (χ0v) is 10.4. The van der Waals surface area contributed by atoms with Crippen LogP contribution in [-0.4, -0.2) is 11.5 Å². The third-order valence-corrected chi connectivity index (χ3v) is 2.54. The van der Waals surface area contributed by atoms with Gasteiger partial charge in [-0.05, 0) is 30.7 Å². The Bertz CT molecular complexity index is 322. The van der Waals surface area contributed by atoms with Crippen LogP contribution in [-0.2, 0) is 0 Å². The molecule has 1 rings (SSSR count). The Morgan fingerprint density at radius 2 is 1.94 bits per heavy atom. The van der Waals surface area contributed by atoms with E-state index in [9.17, 15) is 0 Å². The van der Waals surface area contributed by atoms with Crippen LogP contribution in [0.3, 0.4) is 0 Å². The van der Waals surface area contributed by atoms with Crippen molar-refractivity contribution in [2.75, 3.05) is 12.0 Å². The molecule has 3 nitrogen and oxygen atoms in total. The van der Waals surface area contributed by atoms with E-state index < -0.39 is 0 Å². The topological polar surface area (TPSA) is 50.1 Å². The van der Waals surface area contributed by atoms with Gasteiger partial charge in [-0.25, -0.2) is 5.43 Å². The molecular formula is C12H19N3S. The second-order valence-electron chi connectivity index (χ2n) is 3.70. The summed E-state index contributed by atoms with van der Waals surface area (Å²) in [6, 6.07) is 7.75. The highest BCUT2D eigenvalue weighted by molar-refractivity contribution is 7.80. The molecule has 0 aliphatic rings. The van der Waals surface area contributed by atoms with E-state index in [0.29, 0.717) is 4.99 Å². The fourth-order valence-electron chi connectivity index (χ4n) is 1.35. The van der Waals surface area contributed by atoms with Gasteiger partial charge in [-0.2, -0.15) is 0 Å². The van der Waals surface area contributed by atoms with Crippen molar-refractivity contribution < 1.29 is 0 Å². The number of hydrazine groups is 1. The zero-order valence-electron chi connectivity index (χ0n) is 9.62. The minimum atomic E-state index is 0.433. The maximum absolute atomic E-state index is 5.51. The van der Waals surface area contributed by atoms with Crippen molar-refractivity contribution in [2.24, 2.45) is 5.73 Å². The van der Waals surface area contributed by atoms with Gasteiger partial charge in [0.1, 0.15) is 4.99 Å². The number of hydrogen-bond donors (Lipinski definition) is 3. The maximum atomic E-state index is 5.51. The number of benzene rings is 1. The molecule has 0 bridgehead atoms. The summed E-state index contributed by atoms with van der Waals surface area (Å²) < 4.78 is 0. The first-order chi connectivity index (χ1) is 7.74. The summed E-state index contributed by atoms with van der Waals surface area (Å²) in [5, 5.41) is 0. The average molecular weight is 237 g/mol. The van der Waals surface area contributed by atoms with Gasteiger partial charge >= 0.3 is 0 Å². The molecule has 0 aliphatic carbocycles. The molecule has 0 aliphatic heterocycles. The van der Waals surface area contributed by atoms with E-state index in [1.807, 2.05) is 24.3 Å². The van der Waals surface area contributed by atoms with Crippen molar-refractivity contribution in [2.45, 2.75) is 26.2 Å². The Labute approximate surface area is 102 Å². The van der Waals surface area contributed by atoms with Crippen LogP contribution in [0.1, 0.15) is 31.7 Å². The molecule has 0 radical (unpaired) electrons. The Balaban J connectivity index is 2.29. The molecule has 4 heteroatoms. The number of rotatable bonds is 7. The molecule has 1 aromatic rings. The van der Waals surface area contributed by atoms with Gasteiger partial charge < -0.3 is 11.2 Å². The SMILES string of the molecule is CCCCCNNc1ccc(C(N)=S)cc1. The molecule has 0 spiro atoms. The van der Waals surface area contributed by atoms with Crippen molar-refractivity contribution in [3.05, 3.63) is 29.8 Å². The standard InChI is InChI=1S/C12H19N3S/c1-2-3-4-9-14-15-11-7-5-10(6-8-11)12(13)16/h5-8,14-15H,2-4,9H2,1H3,(H2,13,16). The van der Waals surface area contributed by atoms with E-state index in [1.165, 1.54) is 19.3 Å². The molecule has 0 saturated carbocycles. The second kappa shape index (κ2) is 7.19. The van der Waals surface area contributed by atoms with E-state index in [0.717, 1.165) is 17.8 Å². The first-order valence-corrected chi connectivity index (χ1v) is 6.03. The lowest BCUT2D eigenvalue weighted by molar-refractivity contribution is 0.662. The summed E-state index contributed by atoms with van der Waals surface area (Å²) in [7, 11) is 0. The van der Waals surface area contributed by atoms with Crippen molar-refractivity contribution in [3.63, 3.8) is 0 Å². The summed E-state index contributed by atoms with van der Waals surface area (Å²) in [5.41, 5.74) is 13.7. The van der Waals surface area contributed by atoms with Gasteiger partial charge in [-0.1, -0.05) is 32.0 Å². The van der Waals surface area contributed by atoms with Gasteiger partial charge in [0.15, 0.2) is 0 Å². The van der Waals surface area contributed by atoms with Crippen LogP contribution in [0.25, 0.3) is 0 Å². The van der Waals surface area contributed by atoms with Crippen LogP contribution in [0.15, 0.2) is 24.3 Å². The number of unbranched alkanes of at least 4 members (excludes halogenated alkanes) is 2. The normalized spacial score (nSPS) is 10.1. The number of nitrogens with two attached hydrogens (primary N) is 1. The fourth-order valence-corrected chi connectivity index (χ4v) is 1.48. The molecule has 0 aromatic heterocycles. The Kier molecular flexibility index (Phi) is 5.82. The lowest BCUT2D eigenvalue weighted by Crippen LogP contribution is -2.22. The summed E-state index contributed by atoms with van der Waals surface area (Å²) in [4.78, 5) is 0.433. The van der Waals surface area contributed by atoms with Crippen LogP contribution >= 0.6 is 12.2 Å². The highest BCUT2D eigenvalue weighted by Crippen LogP contribution is 2.08. The predicted molar refractivity (Wildman–Crippen MR) is 73.5 cm³/mol. The lowest BCUT2D eigenvalue weighted by atomic mass is 10.2. The van der Waals surface area contributed by atoms with Crippen molar-refractivity contribution in [3.8, 4) is 0 Å². The largest absolute Gasteiger partial charge is 0.389 e. The molecule has 16 heavy (non-hydrogen) atoms. The average Bonchev–Trinajstić information content (AvgIpc) is 2.29. The van der Waals surface area contributed by atoms with Gasteiger partial charge in [-0.15, -0.1) is 0 Å². The second-order valence-corrected chi connectivity index (χ2v) is 4.14. The highest BCUT2D eigenvalue weighted by atomic mass is 32.1. The van der Waals surface area contributed by atoms with Crippen LogP contribution in [0.4, 0.5) is 5.69 Å². The van der Waals surface area contributed by atoms with E-state index >= 15 is 0 Å². The van der Waals surface area contributed by atoms with Gasteiger partial charge in [0.2, 0.25) is 0 Å². The lowest BCUT2D eigenvalue weighted by Gasteiger charge is -2.08. The molecule has 0 heterocycles. The molecule has 0 fully saturated rings. The fraction of sp³-hybridized carbons (Fsp3) is 0.417.